The van der Waals surface area contributed by atoms with Crippen LogP contribution < -0.4 is 14.8 Å². The molecule has 0 aliphatic heterocycles. The van der Waals surface area contributed by atoms with E-state index in [9.17, 15) is 14.9 Å². The van der Waals surface area contributed by atoms with Crippen molar-refractivity contribution in [3.8, 4) is 17.6 Å². The van der Waals surface area contributed by atoms with Crippen LogP contribution in [0.4, 0.5) is 5.69 Å². The van der Waals surface area contributed by atoms with Crippen LogP contribution in [0.5, 0.6) is 11.5 Å². The maximum absolute atomic E-state index is 12.5. The van der Waals surface area contributed by atoms with E-state index >= 15 is 0 Å². The molecule has 0 aliphatic rings. The van der Waals surface area contributed by atoms with E-state index in [1.807, 2.05) is 18.2 Å². The van der Waals surface area contributed by atoms with Crippen LogP contribution in [0.15, 0.2) is 46.4 Å². The zero-order chi connectivity index (χ0) is 20.7. The first-order valence-electron chi connectivity index (χ1n) is 8.18. The predicted octanol–water partition coefficient (Wildman–Crippen LogP) is 4.92. The highest BCUT2D eigenvalue weighted by Crippen LogP contribution is 2.37. The SMILES string of the molecule is CCOc1cc(/C=C(/C#N)C(=O)Nc2ccccc2I)cc(Br)c1OC(C)=O. The first-order chi connectivity index (χ1) is 13.3. The summed E-state index contributed by atoms with van der Waals surface area (Å²) < 4.78 is 12.0. The average Bonchev–Trinajstić information content (AvgIpc) is 2.64. The maximum atomic E-state index is 12.5. The number of nitrogens with zero attached hydrogens (tertiary/aromatic N) is 1. The molecule has 0 spiro atoms. The molecule has 0 bridgehead atoms. The van der Waals surface area contributed by atoms with Crippen LogP contribution in [-0.4, -0.2) is 18.5 Å². The summed E-state index contributed by atoms with van der Waals surface area (Å²) in [6.45, 7) is 3.44. The molecular weight excluding hydrogens is 539 g/mol. The van der Waals surface area contributed by atoms with Crippen molar-refractivity contribution >= 4 is 62.2 Å². The summed E-state index contributed by atoms with van der Waals surface area (Å²) in [5, 5.41) is 12.2. The molecule has 0 saturated heterocycles. The van der Waals surface area contributed by atoms with Crippen molar-refractivity contribution in [1.29, 1.82) is 5.26 Å². The van der Waals surface area contributed by atoms with Crippen LogP contribution >= 0.6 is 38.5 Å². The second kappa shape index (κ2) is 10.2. The minimum Gasteiger partial charge on any atom is -0.490 e. The summed E-state index contributed by atoms with van der Waals surface area (Å²) in [6, 6.07) is 12.4. The lowest BCUT2D eigenvalue weighted by atomic mass is 10.1. The van der Waals surface area contributed by atoms with E-state index in [-0.39, 0.29) is 11.3 Å². The Morgan fingerprint density at radius 1 is 1.32 bits per heavy atom. The highest BCUT2D eigenvalue weighted by atomic mass is 127. The summed E-state index contributed by atoms with van der Waals surface area (Å²) >= 11 is 5.44. The molecule has 0 atom stereocenters. The van der Waals surface area contributed by atoms with Crippen LogP contribution in [0.3, 0.4) is 0 Å². The number of rotatable bonds is 6. The Morgan fingerprint density at radius 2 is 2.04 bits per heavy atom. The average molecular weight is 555 g/mol. The summed E-state index contributed by atoms with van der Waals surface area (Å²) in [7, 11) is 0. The van der Waals surface area contributed by atoms with E-state index < -0.39 is 11.9 Å². The molecule has 1 amide bonds. The monoisotopic (exact) mass is 554 g/mol. The normalized spacial score (nSPS) is 10.8. The number of halogens is 2. The third-order valence-corrected chi connectivity index (χ3v) is 4.91. The predicted molar refractivity (Wildman–Crippen MR) is 118 cm³/mol. The fraction of sp³-hybridized carbons (Fsp3) is 0.150. The highest BCUT2D eigenvalue weighted by Gasteiger charge is 2.16. The van der Waals surface area contributed by atoms with E-state index in [1.165, 1.54) is 13.0 Å². The number of carbonyl (C=O) groups excluding carboxylic acids is 2. The van der Waals surface area contributed by atoms with Gasteiger partial charge in [-0.15, -0.1) is 0 Å². The van der Waals surface area contributed by atoms with Crippen molar-refractivity contribution in [2.75, 3.05) is 11.9 Å². The van der Waals surface area contributed by atoms with Gasteiger partial charge in [0.2, 0.25) is 0 Å². The maximum Gasteiger partial charge on any atom is 0.308 e. The van der Waals surface area contributed by atoms with Gasteiger partial charge in [-0.05, 0) is 81.3 Å². The number of amides is 1. The van der Waals surface area contributed by atoms with Gasteiger partial charge in [0.25, 0.3) is 5.91 Å². The lowest BCUT2D eigenvalue weighted by Gasteiger charge is -2.13. The highest BCUT2D eigenvalue weighted by molar-refractivity contribution is 14.1. The van der Waals surface area contributed by atoms with Gasteiger partial charge in [0.05, 0.1) is 16.8 Å². The Bertz CT molecular complexity index is 983. The fourth-order valence-electron chi connectivity index (χ4n) is 2.24. The van der Waals surface area contributed by atoms with Crippen molar-refractivity contribution < 1.29 is 19.1 Å². The fourth-order valence-corrected chi connectivity index (χ4v) is 3.31. The van der Waals surface area contributed by atoms with Crippen molar-refractivity contribution in [1.82, 2.24) is 0 Å². The summed E-state index contributed by atoms with van der Waals surface area (Å²) in [5.41, 5.74) is 1.09. The van der Waals surface area contributed by atoms with Gasteiger partial charge < -0.3 is 14.8 Å². The second-order valence-corrected chi connectivity index (χ2v) is 7.48. The van der Waals surface area contributed by atoms with Gasteiger partial charge in [0, 0.05) is 10.5 Å². The van der Waals surface area contributed by atoms with E-state index in [1.54, 1.807) is 31.2 Å². The quantitative estimate of drug-likeness (QED) is 0.180. The minimum atomic E-state index is -0.523. The van der Waals surface area contributed by atoms with Gasteiger partial charge in [-0.25, -0.2) is 0 Å². The molecule has 0 heterocycles. The molecular formula is C20H16BrIN2O4. The summed E-state index contributed by atoms with van der Waals surface area (Å²) in [4.78, 5) is 23.8. The molecule has 2 aromatic carbocycles. The molecule has 144 valence electrons. The molecule has 8 heteroatoms. The van der Waals surface area contributed by atoms with Crippen LogP contribution in [0.25, 0.3) is 6.08 Å². The number of esters is 1. The summed E-state index contributed by atoms with van der Waals surface area (Å²) in [5.74, 6) is -0.439. The van der Waals surface area contributed by atoms with Gasteiger partial charge >= 0.3 is 5.97 Å². The van der Waals surface area contributed by atoms with Gasteiger partial charge in [0.1, 0.15) is 11.6 Å². The Kier molecular flexibility index (Phi) is 8.02. The number of anilines is 1. The molecule has 28 heavy (non-hydrogen) atoms. The number of nitrogens with one attached hydrogen (secondary N) is 1. The Labute approximate surface area is 184 Å². The Morgan fingerprint density at radius 3 is 2.64 bits per heavy atom. The molecule has 0 unspecified atom stereocenters. The zero-order valence-corrected chi connectivity index (χ0v) is 18.8. The molecule has 0 saturated carbocycles. The van der Waals surface area contributed by atoms with Crippen molar-refractivity contribution in [3.05, 3.63) is 55.6 Å². The van der Waals surface area contributed by atoms with E-state index in [2.05, 4.69) is 43.8 Å². The van der Waals surface area contributed by atoms with Gasteiger partial charge in [-0.3, -0.25) is 9.59 Å². The number of carbonyl (C=O) groups is 2. The Balaban J connectivity index is 2.37. The third kappa shape index (κ3) is 5.81. The smallest absolute Gasteiger partial charge is 0.308 e. The van der Waals surface area contributed by atoms with E-state index in [4.69, 9.17) is 9.47 Å². The number of hydrogen-bond acceptors (Lipinski definition) is 5. The topological polar surface area (TPSA) is 88.4 Å². The molecule has 0 aromatic heterocycles. The molecule has 0 radical (unpaired) electrons. The number of benzene rings is 2. The van der Waals surface area contributed by atoms with E-state index in [0.717, 1.165) is 3.57 Å². The first kappa shape index (κ1) is 21.9. The molecule has 6 nitrogen and oxygen atoms in total. The zero-order valence-electron chi connectivity index (χ0n) is 15.1. The van der Waals surface area contributed by atoms with Crippen LogP contribution in [0, 0.1) is 14.9 Å². The minimum absolute atomic E-state index is 0.0748. The molecule has 2 aromatic rings. The first-order valence-corrected chi connectivity index (χ1v) is 10.0. The molecule has 2 rings (SSSR count). The van der Waals surface area contributed by atoms with E-state index in [0.29, 0.717) is 28.1 Å². The lowest BCUT2D eigenvalue weighted by molar-refractivity contribution is -0.132. The van der Waals surface area contributed by atoms with Crippen molar-refractivity contribution in [2.45, 2.75) is 13.8 Å². The standard InChI is InChI=1S/C20H16BrIN2O4/c1-3-27-18-10-13(9-15(21)19(18)28-12(2)25)8-14(11-23)20(26)24-17-7-5-4-6-16(17)22/h4-10H,3H2,1-2H3,(H,24,26)/b14-8-. The van der Waals surface area contributed by atoms with Crippen molar-refractivity contribution in [3.63, 3.8) is 0 Å². The van der Waals surface area contributed by atoms with Gasteiger partial charge in [-0.2, -0.15) is 5.26 Å². The third-order valence-electron chi connectivity index (χ3n) is 3.38. The van der Waals surface area contributed by atoms with Crippen LogP contribution in [0.2, 0.25) is 0 Å². The van der Waals surface area contributed by atoms with Crippen LogP contribution in [0.1, 0.15) is 19.4 Å². The van der Waals surface area contributed by atoms with Gasteiger partial charge in [0.15, 0.2) is 11.5 Å². The molecule has 0 fully saturated rings. The van der Waals surface area contributed by atoms with Crippen molar-refractivity contribution in [2.24, 2.45) is 0 Å². The lowest BCUT2D eigenvalue weighted by Crippen LogP contribution is -2.14. The molecule has 0 aliphatic carbocycles. The van der Waals surface area contributed by atoms with Gasteiger partial charge in [-0.1, -0.05) is 12.1 Å². The number of hydrogen-bond donors (Lipinski definition) is 1. The number of para-hydroxylation sites is 1. The number of nitriles is 1. The van der Waals surface area contributed by atoms with Crippen LogP contribution in [-0.2, 0) is 9.59 Å². The summed E-state index contributed by atoms with van der Waals surface area (Å²) in [6.07, 6.45) is 1.44. The second-order valence-electron chi connectivity index (χ2n) is 5.46. The molecule has 1 N–H and O–H groups in total. The largest absolute Gasteiger partial charge is 0.490 e. The number of ether oxygens (including phenoxy) is 2. The Hall–Kier alpha value is -2.38.